The van der Waals surface area contributed by atoms with Gasteiger partial charge < -0.3 is 9.64 Å². The van der Waals surface area contributed by atoms with Gasteiger partial charge in [0, 0.05) is 6.54 Å². The number of hydrogen-bond donors (Lipinski definition) is 0. The molecule has 3 amide bonds. The van der Waals surface area contributed by atoms with Crippen molar-refractivity contribution < 1.29 is 19.1 Å². The molecule has 156 valence electrons. The van der Waals surface area contributed by atoms with Gasteiger partial charge >= 0.3 is 0 Å². The molecule has 3 aromatic rings. The zero-order valence-electron chi connectivity index (χ0n) is 16.9. The van der Waals surface area contributed by atoms with Crippen molar-refractivity contribution in [3.05, 3.63) is 96.6 Å². The zero-order chi connectivity index (χ0) is 21.6. The number of ether oxygens (including phenoxy) is 1. The number of para-hydroxylation sites is 2. The number of carbonyl (C=O) groups is 3. The zero-order valence-corrected chi connectivity index (χ0v) is 16.9. The smallest absolute Gasteiger partial charge is 0.261 e. The molecule has 1 saturated heterocycles. The molecule has 3 aromatic carbocycles. The van der Waals surface area contributed by atoms with Crippen LogP contribution in [0.2, 0.25) is 0 Å². The van der Waals surface area contributed by atoms with Crippen molar-refractivity contribution in [2.75, 3.05) is 11.5 Å². The summed E-state index contributed by atoms with van der Waals surface area (Å²) < 4.78 is 5.62. The van der Waals surface area contributed by atoms with E-state index in [0.717, 1.165) is 10.5 Å². The number of anilines is 1. The molecule has 0 radical (unpaired) electrons. The molecule has 1 aliphatic heterocycles. The molecule has 6 nitrogen and oxygen atoms in total. The SMILES string of the molecule is O=C1CC(N(Cc2ccccc2)C(=O)COc2ccccc2)C(=O)N1c1ccccc1. The third-order valence-electron chi connectivity index (χ3n) is 5.14. The molecule has 1 aliphatic rings. The van der Waals surface area contributed by atoms with E-state index < -0.39 is 11.9 Å². The summed E-state index contributed by atoms with van der Waals surface area (Å²) in [5.41, 5.74) is 1.38. The third kappa shape index (κ3) is 4.64. The van der Waals surface area contributed by atoms with Gasteiger partial charge in [-0.2, -0.15) is 0 Å². The van der Waals surface area contributed by atoms with E-state index in [4.69, 9.17) is 4.74 Å². The molecule has 0 aliphatic carbocycles. The Hall–Kier alpha value is -3.93. The fraction of sp³-hybridized carbons (Fsp3) is 0.160. The highest BCUT2D eigenvalue weighted by Gasteiger charge is 2.44. The first-order valence-electron chi connectivity index (χ1n) is 10.1. The van der Waals surface area contributed by atoms with Gasteiger partial charge in [0.25, 0.3) is 11.8 Å². The number of benzene rings is 3. The molecule has 0 N–H and O–H groups in total. The van der Waals surface area contributed by atoms with Gasteiger partial charge in [-0.1, -0.05) is 66.7 Å². The second-order valence-corrected chi connectivity index (χ2v) is 7.23. The fourth-order valence-electron chi connectivity index (χ4n) is 3.60. The van der Waals surface area contributed by atoms with Crippen molar-refractivity contribution in [3.63, 3.8) is 0 Å². The average molecular weight is 414 g/mol. The van der Waals surface area contributed by atoms with E-state index in [2.05, 4.69) is 0 Å². The summed E-state index contributed by atoms with van der Waals surface area (Å²) in [5, 5.41) is 0. The highest BCUT2D eigenvalue weighted by atomic mass is 16.5. The Morgan fingerprint density at radius 2 is 1.45 bits per heavy atom. The molecule has 0 bridgehead atoms. The first-order valence-corrected chi connectivity index (χ1v) is 10.1. The highest BCUT2D eigenvalue weighted by Crippen LogP contribution is 2.26. The monoisotopic (exact) mass is 414 g/mol. The third-order valence-corrected chi connectivity index (χ3v) is 5.14. The van der Waals surface area contributed by atoms with E-state index in [9.17, 15) is 14.4 Å². The second kappa shape index (κ2) is 9.26. The minimum absolute atomic E-state index is 0.0579. The maximum atomic E-state index is 13.2. The molecule has 1 unspecified atom stereocenters. The van der Waals surface area contributed by atoms with E-state index in [1.165, 1.54) is 4.90 Å². The first kappa shape index (κ1) is 20.3. The van der Waals surface area contributed by atoms with Gasteiger partial charge in [-0.3, -0.25) is 14.4 Å². The molecular formula is C25H22N2O4. The van der Waals surface area contributed by atoms with Crippen molar-refractivity contribution in [3.8, 4) is 5.75 Å². The molecule has 6 heteroatoms. The standard InChI is InChI=1S/C25H22N2O4/c28-23-16-22(25(30)27(23)20-12-6-2-7-13-20)26(17-19-10-4-1-5-11-19)24(29)18-31-21-14-8-3-9-15-21/h1-15,22H,16-18H2. The molecule has 0 aromatic heterocycles. The molecule has 31 heavy (non-hydrogen) atoms. The van der Waals surface area contributed by atoms with Crippen molar-refractivity contribution in [1.82, 2.24) is 4.90 Å². The average Bonchev–Trinajstić information content (AvgIpc) is 3.11. The number of nitrogens with zero attached hydrogens (tertiary/aromatic N) is 2. The molecule has 1 heterocycles. The topological polar surface area (TPSA) is 66.9 Å². The summed E-state index contributed by atoms with van der Waals surface area (Å²) in [6.45, 7) is -0.00963. The lowest BCUT2D eigenvalue weighted by atomic mass is 10.1. The maximum absolute atomic E-state index is 13.2. The van der Waals surface area contributed by atoms with Crippen LogP contribution in [0.3, 0.4) is 0 Å². The van der Waals surface area contributed by atoms with E-state index in [-0.39, 0.29) is 31.4 Å². The number of hydrogen-bond acceptors (Lipinski definition) is 4. The van der Waals surface area contributed by atoms with Gasteiger partial charge in [0.1, 0.15) is 11.8 Å². The summed E-state index contributed by atoms with van der Waals surface area (Å²) in [5.74, 6) is -0.514. The van der Waals surface area contributed by atoms with E-state index in [0.29, 0.717) is 11.4 Å². The maximum Gasteiger partial charge on any atom is 0.261 e. The van der Waals surface area contributed by atoms with Crippen molar-refractivity contribution in [2.24, 2.45) is 0 Å². The van der Waals surface area contributed by atoms with Crippen LogP contribution in [0.25, 0.3) is 0 Å². The lowest BCUT2D eigenvalue weighted by Crippen LogP contribution is -2.46. The van der Waals surface area contributed by atoms with Crippen LogP contribution < -0.4 is 9.64 Å². The number of amides is 3. The van der Waals surface area contributed by atoms with Crippen LogP contribution in [-0.2, 0) is 20.9 Å². The van der Waals surface area contributed by atoms with Gasteiger partial charge in [-0.05, 0) is 29.8 Å². The Balaban J connectivity index is 1.57. The van der Waals surface area contributed by atoms with Crippen molar-refractivity contribution in [2.45, 2.75) is 19.0 Å². The molecule has 1 fully saturated rings. The van der Waals surface area contributed by atoms with Gasteiger partial charge in [-0.15, -0.1) is 0 Å². The van der Waals surface area contributed by atoms with Crippen LogP contribution in [-0.4, -0.2) is 35.3 Å². The molecule has 1 atom stereocenters. The molecule has 4 rings (SSSR count). The lowest BCUT2D eigenvalue weighted by Gasteiger charge is -2.28. The number of rotatable bonds is 7. The highest BCUT2D eigenvalue weighted by molar-refractivity contribution is 6.23. The Bertz CT molecular complexity index is 1050. The summed E-state index contributed by atoms with van der Waals surface area (Å²) in [6, 6.07) is 26.3. The van der Waals surface area contributed by atoms with Crippen LogP contribution in [0.5, 0.6) is 5.75 Å². The quantitative estimate of drug-likeness (QED) is 0.556. The second-order valence-electron chi connectivity index (χ2n) is 7.23. The van der Waals surface area contributed by atoms with E-state index in [1.807, 2.05) is 54.6 Å². The predicted molar refractivity (Wildman–Crippen MR) is 116 cm³/mol. The fourth-order valence-corrected chi connectivity index (χ4v) is 3.60. The summed E-state index contributed by atoms with van der Waals surface area (Å²) in [7, 11) is 0. The lowest BCUT2D eigenvalue weighted by molar-refractivity contribution is -0.140. The number of imide groups is 1. The Morgan fingerprint density at radius 3 is 2.10 bits per heavy atom. The van der Waals surface area contributed by atoms with Crippen LogP contribution >= 0.6 is 0 Å². The molecule has 0 saturated carbocycles. The molecular weight excluding hydrogens is 392 g/mol. The predicted octanol–water partition coefficient (Wildman–Crippen LogP) is 3.43. The van der Waals surface area contributed by atoms with Gasteiger partial charge in [-0.25, -0.2) is 4.90 Å². The van der Waals surface area contributed by atoms with Gasteiger partial charge in [0.15, 0.2) is 6.61 Å². The van der Waals surface area contributed by atoms with Crippen LogP contribution in [0.1, 0.15) is 12.0 Å². The largest absolute Gasteiger partial charge is 0.484 e. The number of carbonyl (C=O) groups excluding carboxylic acids is 3. The van der Waals surface area contributed by atoms with E-state index >= 15 is 0 Å². The van der Waals surface area contributed by atoms with Gasteiger partial charge in [0.05, 0.1) is 12.1 Å². The Kier molecular flexibility index (Phi) is 6.08. The first-order chi connectivity index (χ1) is 15.1. The van der Waals surface area contributed by atoms with Gasteiger partial charge in [0.2, 0.25) is 5.91 Å². The van der Waals surface area contributed by atoms with Crippen molar-refractivity contribution in [1.29, 1.82) is 0 Å². The summed E-state index contributed by atoms with van der Waals surface area (Å²) >= 11 is 0. The van der Waals surface area contributed by atoms with Crippen LogP contribution in [0.4, 0.5) is 5.69 Å². The Labute approximate surface area is 180 Å². The normalized spacial score (nSPS) is 15.7. The Morgan fingerprint density at radius 1 is 0.871 bits per heavy atom. The van der Waals surface area contributed by atoms with Crippen LogP contribution in [0, 0.1) is 0 Å². The minimum atomic E-state index is -0.875. The van der Waals surface area contributed by atoms with E-state index in [1.54, 1.807) is 36.4 Å². The summed E-state index contributed by atoms with van der Waals surface area (Å²) in [4.78, 5) is 41.6. The minimum Gasteiger partial charge on any atom is -0.484 e. The summed E-state index contributed by atoms with van der Waals surface area (Å²) in [6.07, 6.45) is -0.0579. The van der Waals surface area contributed by atoms with Crippen molar-refractivity contribution >= 4 is 23.4 Å². The molecule has 0 spiro atoms. The van der Waals surface area contributed by atoms with Crippen LogP contribution in [0.15, 0.2) is 91.0 Å².